The number of fused-ring (bicyclic) bond motifs is 2. The van der Waals surface area contributed by atoms with E-state index in [9.17, 15) is 28.2 Å². The second kappa shape index (κ2) is 9.34. The fourth-order valence-corrected chi connectivity index (χ4v) is 4.66. The quantitative estimate of drug-likeness (QED) is 0.323. The van der Waals surface area contributed by atoms with E-state index in [1.165, 1.54) is 23.5 Å². The van der Waals surface area contributed by atoms with Gasteiger partial charge in [-0.3, -0.25) is 4.79 Å². The number of halogens is 3. The molecule has 0 bridgehead atoms. The van der Waals surface area contributed by atoms with E-state index in [1.54, 1.807) is 24.3 Å². The van der Waals surface area contributed by atoms with Gasteiger partial charge in [0.1, 0.15) is 11.5 Å². The van der Waals surface area contributed by atoms with E-state index in [2.05, 4.69) is 0 Å². The first-order valence-electron chi connectivity index (χ1n) is 10.5. The lowest BCUT2D eigenvalue weighted by molar-refractivity contribution is -0.137. The maximum Gasteiger partial charge on any atom is 0.416 e. The number of aryl methyl sites for hydroxylation is 1. The van der Waals surface area contributed by atoms with E-state index < -0.39 is 17.3 Å². The van der Waals surface area contributed by atoms with Crippen molar-refractivity contribution in [3.8, 4) is 11.5 Å². The summed E-state index contributed by atoms with van der Waals surface area (Å²) in [6.07, 6.45) is -3.50. The fourth-order valence-electron chi connectivity index (χ4n) is 3.55. The molecule has 0 aliphatic heterocycles. The molecule has 4 rings (SSSR count). The smallest absolute Gasteiger partial charge is 0.416 e. The number of hydrogen-bond acceptors (Lipinski definition) is 6. The predicted molar refractivity (Wildman–Crippen MR) is 127 cm³/mol. The van der Waals surface area contributed by atoms with Crippen LogP contribution < -0.4 is 15.9 Å². The lowest BCUT2D eigenvalue weighted by atomic mass is 9.94. The molecule has 0 amide bonds. The summed E-state index contributed by atoms with van der Waals surface area (Å²) >= 11 is 1.43. The van der Waals surface area contributed by atoms with E-state index in [0.29, 0.717) is 29.4 Å². The molecule has 0 spiro atoms. The average Bonchev–Trinajstić information content (AvgIpc) is 2.83. The van der Waals surface area contributed by atoms with Crippen LogP contribution in [-0.2, 0) is 12.6 Å². The van der Waals surface area contributed by atoms with Crippen LogP contribution >= 0.6 is 11.3 Å². The first-order valence-corrected chi connectivity index (χ1v) is 11.3. The van der Waals surface area contributed by atoms with Crippen molar-refractivity contribution in [2.24, 2.45) is 5.73 Å². The Balaban J connectivity index is 1.61. The van der Waals surface area contributed by atoms with Gasteiger partial charge in [-0.2, -0.15) is 13.2 Å². The SMILES string of the molecule is NC(CO)(CO)CCc1ccc2c(=O)c3cc(Oc4ccc(C(F)(F)F)cc4)ccc3sc2c1. The summed E-state index contributed by atoms with van der Waals surface area (Å²) in [5.41, 5.74) is 4.87. The monoisotopic (exact) mass is 489 g/mol. The van der Waals surface area contributed by atoms with Crippen LogP contribution in [0.3, 0.4) is 0 Å². The van der Waals surface area contributed by atoms with Gasteiger partial charge in [-0.05, 0) is 73.0 Å². The van der Waals surface area contributed by atoms with E-state index in [0.717, 1.165) is 27.1 Å². The van der Waals surface area contributed by atoms with Crippen molar-refractivity contribution in [3.63, 3.8) is 0 Å². The van der Waals surface area contributed by atoms with Crippen molar-refractivity contribution in [2.75, 3.05) is 13.2 Å². The highest BCUT2D eigenvalue weighted by molar-refractivity contribution is 7.24. The minimum atomic E-state index is -4.42. The third-order valence-corrected chi connectivity index (χ3v) is 6.80. The standard InChI is InChI=1S/C25H22F3NO4S/c26-25(27,28)16-2-4-17(5-3-16)33-18-6-8-21-20(12-18)23(32)19-7-1-15(11-22(19)34-21)9-10-24(29,13-30)14-31/h1-8,11-12,30-31H,9-10,13-14,29H2. The zero-order valence-electron chi connectivity index (χ0n) is 17.9. The minimum absolute atomic E-state index is 0.174. The number of nitrogens with two attached hydrogens (primary N) is 1. The van der Waals surface area contributed by atoms with Gasteiger partial charge in [-0.1, -0.05) is 6.07 Å². The average molecular weight is 490 g/mol. The van der Waals surface area contributed by atoms with E-state index in [4.69, 9.17) is 10.5 Å². The van der Waals surface area contributed by atoms with E-state index in [1.807, 2.05) is 12.1 Å². The zero-order chi connectivity index (χ0) is 24.5. The number of benzene rings is 3. The van der Waals surface area contributed by atoms with E-state index in [-0.39, 0.29) is 24.4 Å². The third kappa shape index (κ3) is 5.07. The summed E-state index contributed by atoms with van der Waals surface area (Å²) in [4.78, 5) is 13.1. The van der Waals surface area contributed by atoms with Crippen LogP contribution in [0.2, 0.25) is 0 Å². The Morgan fingerprint density at radius 1 is 0.853 bits per heavy atom. The summed E-state index contributed by atoms with van der Waals surface area (Å²) in [7, 11) is 0. The van der Waals surface area contributed by atoms with Gasteiger partial charge in [0.2, 0.25) is 0 Å². The van der Waals surface area contributed by atoms with Crippen molar-refractivity contribution < 1.29 is 28.1 Å². The third-order valence-electron chi connectivity index (χ3n) is 5.66. The number of alkyl halides is 3. The summed E-state index contributed by atoms with van der Waals surface area (Å²) in [6, 6.07) is 14.8. The Bertz CT molecular complexity index is 1380. The highest BCUT2D eigenvalue weighted by atomic mass is 32.1. The molecule has 1 aromatic heterocycles. The maximum atomic E-state index is 13.1. The Hall–Kier alpha value is -2.98. The van der Waals surface area contributed by atoms with Gasteiger partial charge >= 0.3 is 6.18 Å². The predicted octanol–water partition coefficient (Wildman–Crippen LogP) is 4.84. The Kier molecular flexibility index (Phi) is 6.64. The number of hydrogen-bond donors (Lipinski definition) is 3. The molecule has 178 valence electrons. The second-order valence-corrected chi connectivity index (χ2v) is 9.31. The van der Waals surface area contributed by atoms with Gasteiger partial charge in [0, 0.05) is 20.2 Å². The molecule has 0 unspecified atom stereocenters. The van der Waals surface area contributed by atoms with Crippen LogP contribution in [-0.4, -0.2) is 29.0 Å². The summed E-state index contributed by atoms with van der Waals surface area (Å²) in [6.45, 7) is -0.655. The zero-order valence-corrected chi connectivity index (χ0v) is 18.7. The van der Waals surface area contributed by atoms with Gasteiger partial charge in [0.15, 0.2) is 5.43 Å². The van der Waals surface area contributed by atoms with Crippen LogP contribution in [0.4, 0.5) is 13.2 Å². The first kappa shape index (κ1) is 24.2. The van der Waals surface area contributed by atoms with Crippen LogP contribution in [0.25, 0.3) is 20.2 Å². The van der Waals surface area contributed by atoms with Crippen LogP contribution in [0.15, 0.2) is 65.5 Å². The van der Waals surface area contributed by atoms with E-state index >= 15 is 0 Å². The molecule has 1 heterocycles. The van der Waals surface area contributed by atoms with Crippen molar-refractivity contribution in [3.05, 3.63) is 82.0 Å². The lowest BCUT2D eigenvalue weighted by Gasteiger charge is -2.24. The second-order valence-electron chi connectivity index (χ2n) is 8.22. The minimum Gasteiger partial charge on any atom is -0.457 e. The Morgan fingerprint density at radius 3 is 2.18 bits per heavy atom. The molecule has 0 radical (unpaired) electrons. The molecule has 0 aliphatic carbocycles. The van der Waals surface area contributed by atoms with Gasteiger partial charge in [0.25, 0.3) is 0 Å². The molecule has 5 nitrogen and oxygen atoms in total. The highest BCUT2D eigenvalue weighted by Crippen LogP contribution is 2.33. The summed E-state index contributed by atoms with van der Waals surface area (Å²) in [5.74, 6) is 0.579. The normalized spacial score (nSPS) is 12.4. The molecule has 9 heteroatoms. The van der Waals surface area contributed by atoms with Crippen molar-refractivity contribution in [1.29, 1.82) is 0 Å². The van der Waals surface area contributed by atoms with Gasteiger partial charge in [-0.25, -0.2) is 0 Å². The molecule has 0 atom stereocenters. The molecule has 4 N–H and O–H groups in total. The molecular formula is C25H22F3NO4S. The topological polar surface area (TPSA) is 92.8 Å². The number of ether oxygens (including phenoxy) is 1. The first-order chi connectivity index (χ1) is 16.1. The molecule has 0 saturated carbocycles. The highest BCUT2D eigenvalue weighted by Gasteiger charge is 2.30. The van der Waals surface area contributed by atoms with Crippen LogP contribution in [0.5, 0.6) is 11.5 Å². The van der Waals surface area contributed by atoms with Gasteiger partial charge in [0.05, 0.1) is 24.3 Å². The number of aliphatic hydroxyl groups excluding tert-OH is 2. The molecule has 0 aliphatic rings. The van der Waals surface area contributed by atoms with Gasteiger partial charge < -0.3 is 20.7 Å². The Morgan fingerprint density at radius 2 is 1.53 bits per heavy atom. The fraction of sp³-hybridized carbons (Fsp3) is 0.240. The number of rotatable bonds is 7. The van der Waals surface area contributed by atoms with Gasteiger partial charge in [-0.15, -0.1) is 11.3 Å². The van der Waals surface area contributed by atoms with Crippen LogP contribution in [0.1, 0.15) is 17.5 Å². The summed E-state index contributed by atoms with van der Waals surface area (Å²) < 4.78 is 45.4. The number of aliphatic hydroxyl groups is 2. The summed E-state index contributed by atoms with van der Waals surface area (Å²) in [5, 5.41) is 19.7. The van der Waals surface area contributed by atoms with Crippen molar-refractivity contribution in [1.82, 2.24) is 0 Å². The van der Waals surface area contributed by atoms with Crippen LogP contribution in [0, 0.1) is 0 Å². The molecule has 3 aromatic carbocycles. The van der Waals surface area contributed by atoms with Crippen molar-refractivity contribution >= 4 is 31.5 Å². The maximum absolute atomic E-state index is 13.1. The van der Waals surface area contributed by atoms with Crippen molar-refractivity contribution in [2.45, 2.75) is 24.6 Å². The molecule has 0 saturated heterocycles. The molecular weight excluding hydrogens is 467 g/mol. The Labute approximate surface area is 196 Å². The largest absolute Gasteiger partial charge is 0.457 e. The molecule has 4 aromatic rings. The molecule has 34 heavy (non-hydrogen) atoms. The lowest BCUT2D eigenvalue weighted by Crippen LogP contribution is -2.47. The molecule has 0 fully saturated rings.